The highest BCUT2D eigenvalue weighted by Crippen LogP contribution is 2.31. The largest absolute Gasteiger partial charge is 0.416 e. The van der Waals surface area contributed by atoms with Crippen molar-refractivity contribution in [3.05, 3.63) is 46.7 Å². The summed E-state index contributed by atoms with van der Waals surface area (Å²) in [4.78, 5) is 4.36. The van der Waals surface area contributed by atoms with E-state index in [4.69, 9.17) is 0 Å². The molecule has 1 aliphatic heterocycles. The van der Waals surface area contributed by atoms with Crippen LogP contribution in [-0.4, -0.2) is 16.9 Å². The first-order valence-electron chi connectivity index (χ1n) is 6.45. The summed E-state index contributed by atoms with van der Waals surface area (Å²) in [6.45, 7) is 3.69. The summed E-state index contributed by atoms with van der Waals surface area (Å²) in [7, 11) is 0. The molecule has 0 fully saturated rings. The van der Waals surface area contributed by atoms with Crippen LogP contribution in [0.25, 0.3) is 0 Å². The Kier molecular flexibility index (Phi) is 3.99. The third kappa shape index (κ3) is 2.93. The predicted octanol–water partition coefficient (Wildman–Crippen LogP) is 3.94. The van der Waals surface area contributed by atoms with E-state index in [0.717, 1.165) is 23.4 Å². The van der Waals surface area contributed by atoms with E-state index in [1.54, 1.807) is 0 Å². The number of nitrogens with zero attached hydrogens (tertiary/aromatic N) is 1. The van der Waals surface area contributed by atoms with Crippen molar-refractivity contribution in [1.82, 2.24) is 0 Å². The third-order valence-corrected chi connectivity index (χ3v) is 3.46. The second-order valence-corrected chi connectivity index (χ2v) is 4.85. The van der Waals surface area contributed by atoms with Crippen LogP contribution in [0.1, 0.15) is 37.8 Å². The number of aliphatic hydroxyl groups excluding tert-OH is 1. The maximum absolute atomic E-state index is 12.5. The molecule has 20 heavy (non-hydrogen) atoms. The Labute approximate surface area is 115 Å². The molecule has 2 nitrogen and oxygen atoms in total. The van der Waals surface area contributed by atoms with E-state index in [0.29, 0.717) is 24.1 Å². The smallest absolute Gasteiger partial charge is 0.389 e. The lowest BCUT2D eigenvalue weighted by Gasteiger charge is -2.11. The van der Waals surface area contributed by atoms with Gasteiger partial charge in [-0.3, -0.25) is 4.99 Å². The molecule has 1 N–H and O–H groups in total. The fourth-order valence-electron chi connectivity index (χ4n) is 2.25. The minimum Gasteiger partial charge on any atom is -0.389 e. The first-order chi connectivity index (χ1) is 9.32. The molecule has 0 spiro atoms. The van der Waals surface area contributed by atoms with Gasteiger partial charge in [0.05, 0.1) is 17.4 Å². The molecule has 1 aromatic carbocycles. The SMILES string of the molecule is CCC(O)C1=C(C)N=C(c2ccc(C(F)(F)F)cc2)C1. The summed E-state index contributed by atoms with van der Waals surface area (Å²) in [6.07, 6.45) is -3.77. The summed E-state index contributed by atoms with van der Waals surface area (Å²) in [5, 5.41) is 9.86. The average Bonchev–Trinajstić information content (AvgIpc) is 2.79. The monoisotopic (exact) mass is 283 g/mol. The van der Waals surface area contributed by atoms with Gasteiger partial charge in [-0.25, -0.2) is 0 Å². The highest BCUT2D eigenvalue weighted by Gasteiger charge is 2.30. The molecule has 0 saturated heterocycles. The molecule has 0 aromatic heterocycles. The quantitative estimate of drug-likeness (QED) is 0.895. The Morgan fingerprint density at radius 2 is 1.85 bits per heavy atom. The fraction of sp³-hybridized carbons (Fsp3) is 0.400. The van der Waals surface area contributed by atoms with Gasteiger partial charge >= 0.3 is 6.18 Å². The molecular formula is C15H16F3NO. The summed E-state index contributed by atoms with van der Waals surface area (Å²) in [5.41, 5.74) is 2.31. The van der Waals surface area contributed by atoms with Crippen molar-refractivity contribution in [2.24, 2.45) is 4.99 Å². The van der Waals surface area contributed by atoms with Gasteiger partial charge in [-0.15, -0.1) is 0 Å². The second kappa shape index (κ2) is 5.40. The van der Waals surface area contributed by atoms with Crippen molar-refractivity contribution in [2.45, 2.75) is 39.0 Å². The number of hydrogen-bond donors (Lipinski definition) is 1. The molecule has 0 saturated carbocycles. The molecule has 1 atom stereocenters. The van der Waals surface area contributed by atoms with Crippen molar-refractivity contribution in [3.8, 4) is 0 Å². The van der Waals surface area contributed by atoms with E-state index in [2.05, 4.69) is 4.99 Å². The second-order valence-electron chi connectivity index (χ2n) is 4.85. The lowest BCUT2D eigenvalue weighted by Crippen LogP contribution is -2.11. The van der Waals surface area contributed by atoms with Gasteiger partial charge in [0.25, 0.3) is 0 Å². The molecule has 1 unspecified atom stereocenters. The van der Waals surface area contributed by atoms with Crippen LogP contribution in [0.15, 0.2) is 40.5 Å². The first-order valence-corrected chi connectivity index (χ1v) is 6.45. The van der Waals surface area contributed by atoms with E-state index in [9.17, 15) is 18.3 Å². The van der Waals surface area contributed by atoms with Crippen LogP contribution in [0.4, 0.5) is 13.2 Å². The number of alkyl halides is 3. The van der Waals surface area contributed by atoms with Crippen molar-refractivity contribution < 1.29 is 18.3 Å². The Balaban J connectivity index is 2.18. The van der Waals surface area contributed by atoms with E-state index >= 15 is 0 Å². The van der Waals surface area contributed by atoms with Crippen molar-refractivity contribution in [2.75, 3.05) is 0 Å². The first kappa shape index (κ1) is 14.8. The van der Waals surface area contributed by atoms with Gasteiger partial charge in [0.1, 0.15) is 0 Å². The molecule has 0 radical (unpaired) electrons. The van der Waals surface area contributed by atoms with Crippen molar-refractivity contribution in [1.29, 1.82) is 0 Å². The van der Waals surface area contributed by atoms with Crippen LogP contribution in [-0.2, 0) is 6.18 Å². The number of hydrogen-bond acceptors (Lipinski definition) is 2. The number of aliphatic imine (C=N–C) groups is 1. The van der Waals surface area contributed by atoms with Crippen molar-refractivity contribution in [3.63, 3.8) is 0 Å². The highest BCUT2D eigenvalue weighted by atomic mass is 19.4. The van der Waals surface area contributed by atoms with Crippen LogP contribution in [0.5, 0.6) is 0 Å². The molecular weight excluding hydrogens is 267 g/mol. The number of allylic oxidation sites excluding steroid dienone is 1. The molecule has 0 aliphatic carbocycles. The van der Waals surface area contributed by atoms with Gasteiger partial charge < -0.3 is 5.11 Å². The topological polar surface area (TPSA) is 32.6 Å². The van der Waals surface area contributed by atoms with Gasteiger partial charge in [-0.2, -0.15) is 13.2 Å². The average molecular weight is 283 g/mol. The van der Waals surface area contributed by atoms with Gasteiger partial charge in [-0.05, 0) is 36.6 Å². The van der Waals surface area contributed by atoms with E-state index in [1.165, 1.54) is 12.1 Å². The lowest BCUT2D eigenvalue weighted by atomic mass is 9.98. The van der Waals surface area contributed by atoms with Crippen LogP contribution in [0.3, 0.4) is 0 Å². The van der Waals surface area contributed by atoms with Crippen LogP contribution < -0.4 is 0 Å². The van der Waals surface area contributed by atoms with Gasteiger partial charge in [0.15, 0.2) is 0 Å². The zero-order chi connectivity index (χ0) is 14.9. The maximum Gasteiger partial charge on any atom is 0.416 e. The molecule has 1 heterocycles. The highest BCUT2D eigenvalue weighted by molar-refractivity contribution is 6.04. The van der Waals surface area contributed by atoms with E-state index < -0.39 is 17.8 Å². The van der Waals surface area contributed by atoms with Crippen LogP contribution >= 0.6 is 0 Å². The molecule has 108 valence electrons. The summed E-state index contributed by atoms with van der Waals surface area (Å²) >= 11 is 0. The normalized spacial score (nSPS) is 17.4. The zero-order valence-electron chi connectivity index (χ0n) is 11.3. The third-order valence-electron chi connectivity index (χ3n) is 3.46. The Morgan fingerprint density at radius 3 is 2.35 bits per heavy atom. The Hall–Kier alpha value is -1.62. The fourth-order valence-corrected chi connectivity index (χ4v) is 2.25. The summed E-state index contributed by atoms with van der Waals surface area (Å²) in [5.74, 6) is 0. The maximum atomic E-state index is 12.5. The van der Waals surface area contributed by atoms with Gasteiger partial charge in [-0.1, -0.05) is 19.1 Å². The molecule has 5 heteroatoms. The molecule has 0 amide bonds. The number of aliphatic hydroxyl groups is 1. The van der Waals surface area contributed by atoms with E-state index in [-0.39, 0.29) is 0 Å². The zero-order valence-corrected chi connectivity index (χ0v) is 11.3. The van der Waals surface area contributed by atoms with E-state index in [1.807, 2.05) is 13.8 Å². The minimum absolute atomic E-state index is 0.492. The van der Waals surface area contributed by atoms with Crippen LogP contribution in [0.2, 0.25) is 0 Å². The standard InChI is InChI=1S/C15H16F3NO/c1-3-14(20)12-8-13(19-9(12)2)10-4-6-11(7-5-10)15(16,17)18/h4-7,14,20H,3,8H2,1-2H3. The number of benzene rings is 1. The predicted molar refractivity (Wildman–Crippen MR) is 71.6 cm³/mol. The van der Waals surface area contributed by atoms with Gasteiger partial charge in [0.2, 0.25) is 0 Å². The summed E-state index contributed by atoms with van der Waals surface area (Å²) in [6, 6.07) is 4.97. The molecule has 0 bridgehead atoms. The summed E-state index contributed by atoms with van der Waals surface area (Å²) < 4.78 is 37.5. The Bertz CT molecular complexity index is 555. The van der Waals surface area contributed by atoms with Gasteiger partial charge in [0, 0.05) is 12.1 Å². The number of rotatable bonds is 3. The van der Waals surface area contributed by atoms with Crippen molar-refractivity contribution >= 4 is 5.71 Å². The Morgan fingerprint density at radius 1 is 1.25 bits per heavy atom. The molecule has 1 aromatic rings. The number of halogens is 3. The lowest BCUT2D eigenvalue weighted by molar-refractivity contribution is -0.137. The van der Waals surface area contributed by atoms with Crippen LogP contribution in [0, 0.1) is 0 Å². The molecule has 1 aliphatic rings. The minimum atomic E-state index is -4.33. The molecule has 2 rings (SSSR count).